The van der Waals surface area contributed by atoms with E-state index in [0.717, 1.165) is 22.3 Å². The fraction of sp³-hybridized carbons (Fsp3) is 0.0714. The largest absolute Gasteiger partial charge is 0.322 e. The van der Waals surface area contributed by atoms with E-state index in [9.17, 15) is 9.59 Å². The van der Waals surface area contributed by atoms with Crippen LogP contribution in [-0.2, 0) is 0 Å². The van der Waals surface area contributed by atoms with Gasteiger partial charge in [0.1, 0.15) is 0 Å². The molecule has 0 unspecified atom stereocenters. The molecule has 0 saturated carbocycles. The molecule has 4 rings (SSSR count). The highest BCUT2D eigenvalue weighted by atomic mass is 35.5. The van der Waals surface area contributed by atoms with Crippen LogP contribution in [0.15, 0.2) is 72.8 Å². The summed E-state index contributed by atoms with van der Waals surface area (Å²) >= 11 is 24.2. The van der Waals surface area contributed by atoms with Gasteiger partial charge in [0.25, 0.3) is 11.8 Å². The minimum Gasteiger partial charge on any atom is -0.322 e. The van der Waals surface area contributed by atoms with Crippen molar-refractivity contribution < 1.29 is 9.59 Å². The summed E-state index contributed by atoms with van der Waals surface area (Å²) in [5, 5.41) is 7.30. The Morgan fingerprint density at radius 3 is 1.28 bits per heavy atom. The number of hydrogen-bond acceptors (Lipinski definition) is 2. The molecule has 0 aliphatic carbocycles. The molecule has 36 heavy (non-hydrogen) atoms. The van der Waals surface area contributed by atoms with Crippen molar-refractivity contribution in [1.29, 1.82) is 0 Å². The Morgan fingerprint density at radius 2 is 0.944 bits per heavy atom. The lowest BCUT2D eigenvalue weighted by Crippen LogP contribution is -2.13. The molecule has 0 spiro atoms. The molecule has 182 valence electrons. The molecule has 4 aromatic rings. The van der Waals surface area contributed by atoms with Crippen LogP contribution in [0.3, 0.4) is 0 Å². The summed E-state index contributed by atoms with van der Waals surface area (Å²) in [5.41, 5.74) is 5.76. The van der Waals surface area contributed by atoms with Crippen LogP contribution in [0.4, 0.5) is 11.4 Å². The summed E-state index contributed by atoms with van der Waals surface area (Å²) in [6.07, 6.45) is 0. The lowest BCUT2D eigenvalue weighted by Gasteiger charge is -2.14. The van der Waals surface area contributed by atoms with E-state index >= 15 is 0 Å². The monoisotopic (exact) mass is 556 g/mol. The second-order valence-corrected chi connectivity index (χ2v) is 9.90. The Bertz CT molecular complexity index is 1390. The molecular formula is C28H20Cl4N2O2. The molecule has 0 aromatic heterocycles. The summed E-state index contributed by atoms with van der Waals surface area (Å²) in [5.74, 6) is -0.631. The fourth-order valence-corrected chi connectivity index (χ4v) is 4.68. The first-order valence-electron chi connectivity index (χ1n) is 10.9. The van der Waals surface area contributed by atoms with Crippen LogP contribution in [0.1, 0.15) is 31.8 Å². The predicted molar refractivity (Wildman–Crippen MR) is 150 cm³/mol. The van der Waals surface area contributed by atoms with Gasteiger partial charge >= 0.3 is 0 Å². The Labute approximate surface area is 229 Å². The second kappa shape index (κ2) is 10.9. The van der Waals surface area contributed by atoms with Crippen molar-refractivity contribution in [2.75, 3.05) is 10.6 Å². The number of carbonyl (C=O) groups excluding carboxylic acids is 2. The summed E-state index contributed by atoms with van der Waals surface area (Å²) in [6, 6.07) is 21.0. The van der Waals surface area contributed by atoms with E-state index in [0.29, 0.717) is 32.5 Å². The average molecular weight is 558 g/mol. The number of aryl methyl sites for hydroxylation is 2. The van der Waals surface area contributed by atoms with Crippen molar-refractivity contribution in [2.24, 2.45) is 0 Å². The van der Waals surface area contributed by atoms with Gasteiger partial charge in [0.05, 0.1) is 21.2 Å². The molecule has 0 radical (unpaired) electrons. The molecule has 2 amide bonds. The molecule has 2 N–H and O–H groups in total. The van der Waals surface area contributed by atoms with Gasteiger partial charge in [-0.25, -0.2) is 0 Å². The minimum absolute atomic E-state index is 0.287. The van der Waals surface area contributed by atoms with Crippen LogP contribution in [0.25, 0.3) is 11.1 Å². The molecule has 0 aliphatic rings. The summed E-state index contributed by atoms with van der Waals surface area (Å²) in [7, 11) is 0. The van der Waals surface area contributed by atoms with Crippen LogP contribution < -0.4 is 10.6 Å². The van der Waals surface area contributed by atoms with Crippen LogP contribution in [0.2, 0.25) is 20.1 Å². The quantitative estimate of drug-likeness (QED) is 0.257. The minimum atomic E-state index is -0.316. The van der Waals surface area contributed by atoms with Gasteiger partial charge < -0.3 is 10.6 Å². The zero-order chi connectivity index (χ0) is 26.0. The van der Waals surface area contributed by atoms with Crippen molar-refractivity contribution in [3.05, 3.63) is 115 Å². The van der Waals surface area contributed by atoms with Gasteiger partial charge in [0, 0.05) is 21.4 Å². The number of halogens is 4. The van der Waals surface area contributed by atoms with Crippen LogP contribution in [0, 0.1) is 13.8 Å². The standard InChI is InChI=1S/C28H20Cl4N2O2/c1-15-11-17(3-9-25(15)33-27(35)21-7-5-19(29)13-23(21)31)18-4-10-26(16(2)12-18)34-28(36)22-8-6-20(30)14-24(22)32/h3-14H,1-2H3,(H,33,35)(H,34,36). The number of anilines is 2. The average Bonchev–Trinajstić information content (AvgIpc) is 2.81. The summed E-state index contributed by atoms with van der Waals surface area (Å²) in [6.45, 7) is 3.83. The number of benzene rings is 4. The first kappa shape index (κ1) is 26.1. The topological polar surface area (TPSA) is 58.2 Å². The van der Waals surface area contributed by atoms with Crippen LogP contribution in [-0.4, -0.2) is 11.8 Å². The third-order valence-electron chi connectivity index (χ3n) is 5.63. The van der Waals surface area contributed by atoms with Crippen molar-refractivity contribution >= 4 is 69.6 Å². The fourth-order valence-electron chi connectivity index (χ4n) is 3.69. The Hall–Kier alpha value is -3.02. The number of nitrogens with one attached hydrogen (secondary N) is 2. The summed E-state index contributed by atoms with van der Waals surface area (Å²) in [4.78, 5) is 25.4. The number of hydrogen-bond donors (Lipinski definition) is 2. The maximum absolute atomic E-state index is 12.7. The molecule has 4 aromatic carbocycles. The zero-order valence-corrected chi connectivity index (χ0v) is 22.3. The van der Waals surface area contributed by atoms with Crippen LogP contribution in [0.5, 0.6) is 0 Å². The smallest absolute Gasteiger partial charge is 0.257 e. The van der Waals surface area contributed by atoms with Crippen molar-refractivity contribution in [2.45, 2.75) is 13.8 Å². The molecular weight excluding hydrogens is 538 g/mol. The maximum atomic E-state index is 12.7. The first-order chi connectivity index (χ1) is 17.1. The van der Waals surface area contributed by atoms with E-state index in [1.807, 2.05) is 50.2 Å². The number of amides is 2. The lowest BCUT2D eigenvalue weighted by atomic mass is 9.99. The summed E-state index contributed by atoms with van der Waals surface area (Å²) < 4.78 is 0. The highest BCUT2D eigenvalue weighted by Crippen LogP contribution is 2.30. The van der Waals surface area contributed by atoms with Crippen molar-refractivity contribution in [3.63, 3.8) is 0 Å². The Kier molecular flexibility index (Phi) is 7.91. The van der Waals surface area contributed by atoms with Gasteiger partial charge in [-0.05, 0) is 96.8 Å². The molecule has 0 heterocycles. The first-order valence-corrected chi connectivity index (χ1v) is 12.4. The molecule has 4 nitrogen and oxygen atoms in total. The molecule has 0 atom stereocenters. The Morgan fingerprint density at radius 1 is 0.556 bits per heavy atom. The van der Waals surface area contributed by atoms with E-state index in [1.54, 1.807) is 24.3 Å². The number of rotatable bonds is 5. The Balaban J connectivity index is 1.51. The van der Waals surface area contributed by atoms with Crippen molar-refractivity contribution in [1.82, 2.24) is 0 Å². The highest BCUT2D eigenvalue weighted by Gasteiger charge is 2.14. The van der Waals surface area contributed by atoms with E-state index < -0.39 is 0 Å². The van der Waals surface area contributed by atoms with Gasteiger partial charge in [-0.2, -0.15) is 0 Å². The van der Waals surface area contributed by atoms with Crippen molar-refractivity contribution in [3.8, 4) is 11.1 Å². The van der Waals surface area contributed by atoms with E-state index in [-0.39, 0.29) is 21.9 Å². The SMILES string of the molecule is Cc1cc(-c2ccc(NC(=O)c3ccc(Cl)cc3Cl)c(C)c2)ccc1NC(=O)c1ccc(Cl)cc1Cl. The molecule has 0 bridgehead atoms. The van der Waals surface area contributed by atoms with E-state index in [1.165, 1.54) is 12.1 Å². The maximum Gasteiger partial charge on any atom is 0.257 e. The van der Waals surface area contributed by atoms with Gasteiger partial charge in [-0.3, -0.25) is 9.59 Å². The normalized spacial score (nSPS) is 10.7. The van der Waals surface area contributed by atoms with Gasteiger partial charge in [0.2, 0.25) is 0 Å². The number of carbonyl (C=O) groups is 2. The highest BCUT2D eigenvalue weighted by molar-refractivity contribution is 6.37. The molecule has 0 saturated heterocycles. The molecule has 8 heteroatoms. The van der Waals surface area contributed by atoms with Gasteiger partial charge in [0.15, 0.2) is 0 Å². The molecule has 0 aliphatic heterocycles. The zero-order valence-electron chi connectivity index (χ0n) is 19.3. The second-order valence-electron chi connectivity index (χ2n) is 8.22. The third kappa shape index (κ3) is 5.85. The lowest BCUT2D eigenvalue weighted by molar-refractivity contribution is 0.101. The van der Waals surface area contributed by atoms with Gasteiger partial charge in [-0.15, -0.1) is 0 Å². The third-order valence-corrected chi connectivity index (χ3v) is 6.73. The van der Waals surface area contributed by atoms with Gasteiger partial charge in [-0.1, -0.05) is 58.5 Å². The van der Waals surface area contributed by atoms with E-state index in [2.05, 4.69) is 10.6 Å². The predicted octanol–water partition coefficient (Wildman–Crippen LogP) is 9.09. The molecule has 0 fully saturated rings. The van der Waals surface area contributed by atoms with Crippen LogP contribution >= 0.6 is 46.4 Å². The van der Waals surface area contributed by atoms with E-state index in [4.69, 9.17) is 46.4 Å².